The zero-order valence-electron chi connectivity index (χ0n) is 19.3. The second-order valence-electron chi connectivity index (χ2n) is 9.92. The first-order valence-corrected chi connectivity index (χ1v) is 12.5. The number of rotatable bonds is 3. The van der Waals surface area contributed by atoms with E-state index < -0.39 is 5.54 Å². The lowest BCUT2D eigenvalue weighted by Gasteiger charge is -2.45. The van der Waals surface area contributed by atoms with Gasteiger partial charge in [-0.15, -0.1) is 11.3 Å². The Kier molecular flexibility index (Phi) is 5.16. The number of carbonyl (C=O) groups excluding carboxylic acids is 2. The van der Waals surface area contributed by atoms with Crippen molar-refractivity contribution >= 4 is 39.1 Å². The van der Waals surface area contributed by atoms with Gasteiger partial charge >= 0.3 is 0 Å². The van der Waals surface area contributed by atoms with Crippen molar-refractivity contribution in [1.82, 2.24) is 9.88 Å². The average Bonchev–Trinajstić information content (AvgIpc) is 3.34. The van der Waals surface area contributed by atoms with Crippen LogP contribution in [0.1, 0.15) is 61.1 Å². The number of amides is 2. The molecule has 5 nitrogen and oxygen atoms in total. The zero-order chi connectivity index (χ0) is 22.6. The topological polar surface area (TPSA) is 54.3 Å². The van der Waals surface area contributed by atoms with Gasteiger partial charge in [0.15, 0.2) is 0 Å². The monoisotopic (exact) mass is 449 g/mol. The largest absolute Gasteiger partial charge is 0.351 e. The van der Waals surface area contributed by atoms with E-state index in [2.05, 4.69) is 18.3 Å². The van der Waals surface area contributed by atoms with Gasteiger partial charge in [-0.2, -0.15) is 0 Å². The highest BCUT2D eigenvalue weighted by molar-refractivity contribution is 7.17. The molecule has 5 rings (SSSR count). The summed E-state index contributed by atoms with van der Waals surface area (Å²) in [4.78, 5) is 29.5. The number of carbonyl (C=O) groups is 2. The van der Waals surface area contributed by atoms with Crippen molar-refractivity contribution in [1.29, 1.82) is 0 Å². The predicted octanol–water partition coefficient (Wildman–Crippen LogP) is 5.43. The van der Waals surface area contributed by atoms with E-state index in [0.29, 0.717) is 12.2 Å². The fourth-order valence-corrected chi connectivity index (χ4v) is 6.21. The number of hydrogen-bond acceptors (Lipinski definition) is 3. The van der Waals surface area contributed by atoms with Gasteiger partial charge in [-0.1, -0.05) is 24.6 Å². The van der Waals surface area contributed by atoms with Crippen LogP contribution in [-0.2, 0) is 11.3 Å². The molecular formula is C26H31N3O2S. The summed E-state index contributed by atoms with van der Waals surface area (Å²) in [7, 11) is 0. The van der Waals surface area contributed by atoms with Gasteiger partial charge in [0.05, 0.1) is 16.8 Å². The molecule has 168 valence electrons. The number of nitrogens with one attached hydrogen (secondary N) is 1. The Bertz CT molecular complexity index is 1200. The molecule has 1 saturated carbocycles. The number of thiophene rings is 1. The first kappa shape index (κ1) is 21.3. The van der Waals surface area contributed by atoms with Crippen molar-refractivity contribution in [2.45, 2.75) is 71.5 Å². The van der Waals surface area contributed by atoms with Crippen molar-refractivity contribution in [3.63, 3.8) is 0 Å². The molecule has 3 aromatic rings. The second-order valence-corrected chi connectivity index (χ2v) is 10.9. The Hall–Kier alpha value is -2.60. The van der Waals surface area contributed by atoms with Gasteiger partial charge in [0.25, 0.3) is 5.91 Å². The third kappa shape index (κ3) is 3.36. The molecule has 0 unspecified atom stereocenters. The number of anilines is 1. The molecule has 3 heterocycles. The average molecular weight is 450 g/mol. The summed E-state index contributed by atoms with van der Waals surface area (Å²) in [6, 6.07) is 10.3. The Morgan fingerprint density at radius 1 is 1.12 bits per heavy atom. The molecule has 2 amide bonds. The Balaban J connectivity index is 1.59. The smallest absolute Gasteiger partial charge is 0.275 e. The second kappa shape index (κ2) is 7.77. The van der Waals surface area contributed by atoms with Crippen molar-refractivity contribution < 1.29 is 9.59 Å². The molecule has 0 radical (unpaired) electrons. The van der Waals surface area contributed by atoms with Crippen LogP contribution in [0.5, 0.6) is 0 Å². The fraction of sp³-hybridized carbons (Fsp3) is 0.462. The van der Waals surface area contributed by atoms with E-state index in [9.17, 15) is 9.59 Å². The number of aromatic nitrogens is 1. The van der Waals surface area contributed by atoms with Crippen molar-refractivity contribution in [3.05, 3.63) is 52.5 Å². The molecule has 0 bridgehead atoms. The molecular weight excluding hydrogens is 418 g/mol. The molecule has 1 N–H and O–H groups in total. The van der Waals surface area contributed by atoms with Crippen LogP contribution in [0.2, 0.25) is 0 Å². The minimum Gasteiger partial charge on any atom is -0.351 e. The van der Waals surface area contributed by atoms with Crippen molar-refractivity contribution in [2.75, 3.05) is 4.90 Å². The molecule has 6 heteroatoms. The lowest BCUT2D eigenvalue weighted by Crippen LogP contribution is -2.65. The predicted molar refractivity (Wildman–Crippen MR) is 131 cm³/mol. The summed E-state index contributed by atoms with van der Waals surface area (Å²) in [5.41, 5.74) is 3.63. The first-order valence-electron chi connectivity index (χ1n) is 11.6. The third-order valence-electron chi connectivity index (χ3n) is 7.34. The summed E-state index contributed by atoms with van der Waals surface area (Å²) < 4.78 is 3.12. The van der Waals surface area contributed by atoms with E-state index in [1.165, 1.54) is 0 Å². The highest BCUT2D eigenvalue weighted by Crippen LogP contribution is 2.39. The van der Waals surface area contributed by atoms with Crippen LogP contribution in [0.15, 0.2) is 35.7 Å². The maximum atomic E-state index is 13.9. The summed E-state index contributed by atoms with van der Waals surface area (Å²) >= 11 is 1.63. The van der Waals surface area contributed by atoms with Crippen LogP contribution in [-0.4, -0.2) is 28.0 Å². The van der Waals surface area contributed by atoms with E-state index in [4.69, 9.17) is 0 Å². The van der Waals surface area contributed by atoms with Gasteiger partial charge in [-0.05, 0) is 81.5 Å². The Labute approximate surface area is 193 Å². The van der Waals surface area contributed by atoms with Gasteiger partial charge < -0.3 is 9.88 Å². The van der Waals surface area contributed by atoms with Gasteiger partial charge in [-0.3, -0.25) is 14.5 Å². The molecule has 1 aliphatic carbocycles. The minimum absolute atomic E-state index is 0.0619. The molecule has 1 fully saturated rings. The molecule has 1 aromatic carbocycles. The Morgan fingerprint density at radius 3 is 2.59 bits per heavy atom. The maximum absolute atomic E-state index is 13.9. The molecule has 32 heavy (non-hydrogen) atoms. The highest BCUT2D eigenvalue weighted by Gasteiger charge is 2.49. The molecule has 0 spiro atoms. The summed E-state index contributed by atoms with van der Waals surface area (Å²) in [5.74, 6) is 0.547. The van der Waals surface area contributed by atoms with Gasteiger partial charge in [0.1, 0.15) is 11.2 Å². The molecule has 1 aliphatic heterocycles. The number of hydrogen-bond donors (Lipinski definition) is 1. The standard InChI is InChI=1S/C26H31N3O2S/c1-16-5-8-19(9-6-16)27-25(31)26(4)15-28-21-11-12-32-23(21)14-22(28)24(30)29(26)20-10-7-17(2)13-18(20)3/h7,10-14,16,19H,5-6,8-9,15H2,1-4H3,(H,27,31)/t16?,19?,26-/m1/s1. The van der Waals surface area contributed by atoms with Crippen LogP contribution < -0.4 is 10.2 Å². The summed E-state index contributed by atoms with van der Waals surface area (Å²) in [5, 5.41) is 5.36. The van der Waals surface area contributed by atoms with Crippen LogP contribution in [0, 0.1) is 19.8 Å². The lowest BCUT2D eigenvalue weighted by molar-refractivity contribution is -0.127. The van der Waals surface area contributed by atoms with Crippen LogP contribution in [0.4, 0.5) is 5.69 Å². The van der Waals surface area contributed by atoms with E-state index in [1.54, 1.807) is 16.2 Å². The summed E-state index contributed by atoms with van der Waals surface area (Å²) in [6.45, 7) is 8.70. The van der Waals surface area contributed by atoms with Crippen LogP contribution >= 0.6 is 11.3 Å². The van der Waals surface area contributed by atoms with Gasteiger partial charge in [-0.25, -0.2) is 0 Å². The molecule has 0 saturated heterocycles. The van der Waals surface area contributed by atoms with Gasteiger partial charge in [0, 0.05) is 11.7 Å². The van der Waals surface area contributed by atoms with E-state index in [1.807, 2.05) is 55.0 Å². The molecule has 1 atom stereocenters. The molecule has 2 aliphatic rings. The van der Waals surface area contributed by atoms with Gasteiger partial charge in [0.2, 0.25) is 5.91 Å². The Morgan fingerprint density at radius 2 is 1.88 bits per heavy atom. The number of aryl methyl sites for hydroxylation is 2. The SMILES string of the molecule is Cc1ccc(N2C(=O)c3cc4sccc4n3C[C@]2(C)C(=O)NC2CCC(C)CC2)c(C)c1. The maximum Gasteiger partial charge on any atom is 0.275 e. The molecule has 2 aromatic heterocycles. The fourth-order valence-electron chi connectivity index (χ4n) is 5.39. The highest BCUT2D eigenvalue weighted by atomic mass is 32.1. The minimum atomic E-state index is -1.01. The zero-order valence-corrected chi connectivity index (χ0v) is 20.1. The quantitative estimate of drug-likeness (QED) is 0.579. The lowest BCUT2D eigenvalue weighted by atomic mass is 9.86. The van der Waals surface area contributed by atoms with Crippen molar-refractivity contribution in [2.24, 2.45) is 5.92 Å². The van der Waals surface area contributed by atoms with E-state index in [0.717, 1.165) is 58.6 Å². The first-order chi connectivity index (χ1) is 15.3. The number of nitrogens with zero attached hydrogens (tertiary/aromatic N) is 2. The van der Waals surface area contributed by atoms with E-state index >= 15 is 0 Å². The van der Waals surface area contributed by atoms with Crippen LogP contribution in [0.3, 0.4) is 0 Å². The number of fused-ring (bicyclic) bond motifs is 3. The van der Waals surface area contributed by atoms with Crippen LogP contribution in [0.25, 0.3) is 10.2 Å². The number of benzene rings is 1. The van der Waals surface area contributed by atoms with Crippen molar-refractivity contribution in [3.8, 4) is 0 Å². The summed E-state index contributed by atoms with van der Waals surface area (Å²) in [6.07, 6.45) is 4.28. The van der Waals surface area contributed by atoms with E-state index in [-0.39, 0.29) is 17.9 Å². The normalized spacial score (nSPS) is 25.8. The third-order valence-corrected chi connectivity index (χ3v) is 8.19.